The number of nitrogens with zero attached hydrogens (tertiary/aromatic N) is 2. The molecule has 10 heteroatoms. The number of hydrogen-bond donors (Lipinski definition) is 3. The Hall–Kier alpha value is -3.21. The number of aromatic nitrogens is 2. The van der Waals surface area contributed by atoms with Crippen molar-refractivity contribution in [2.75, 3.05) is 5.32 Å². The molecule has 8 nitrogen and oxygen atoms in total. The maximum atomic E-state index is 13.0. The first kappa shape index (κ1) is 23.5. The fourth-order valence-electron chi connectivity index (χ4n) is 4.52. The van der Waals surface area contributed by atoms with E-state index in [1.807, 2.05) is 29.9 Å². The lowest BCUT2D eigenvalue weighted by Gasteiger charge is -2.17. The van der Waals surface area contributed by atoms with Gasteiger partial charge in [-0.25, -0.2) is 17.9 Å². The Kier molecular flexibility index (Phi) is 5.70. The Morgan fingerprint density at radius 3 is 2.71 bits per heavy atom. The second-order valence-corrected chi connectivity index (χ2v) is 12.1. The summed E-state index contributed by atoms with van der Waals surface area (Å²) in [5.41, 5.74) is 4.67. The van der Waals surface area contributed by atoms with Crippen molar-refractivity contribution in [2.24, 2.45) is 7.05 Å². The number of anilines is 1. The predicted octanol–water partition coefficient (Wildman–Crippen LogP) is 4.53. The second kappa shape index (κ2) is 8.47. The van der Waals surface area contributed by atoms with Crippen LogP contribution < -0.4 is 10.0 Å². The molecule has 0 saturated heterocycles. The van der Waals surface area contributed by atoms with E-state index in [0.717, 1.165) is 63.8 Å². The SMILES string of the molecule is Cn1ccc2c(-c3ccc4c(c3NC(=O)NS(=O)(=O)c3cc(C(C)(C)O)cs3)CCC4)cncc21. The van der Waals surface area contributed by atoms with Crippen molar-refractivity contribution >= 4 is 44.0 Å². The van der Waals surface area contributed by atoms with Crippen molar-refractivity contribution in [2.45, 2.75) is 42.9 Å². The molecule has 0 aliphatic heterocycles. The number of carbonyl (C=O) groups is 1. The topological polar surface area (TPSA) is 113 Å². The monoisotopic (exact) mass is 510 g/mol. The molecule has 0 saturated carbocycles. The predicted molar refractivity (Wildman–Crippen MR) is 137 cm³/mol. The summed E-state index contributed by atoms with van der Waals surface area (Å²) in [6.45, 7) is 3.15. The van der Waals surface area contributed by atoms with Crippen LogP contribution in [0, 0.1) is 0 Å². The zero-order valence-electron chi connectivity index (χ0n) is 19.6. The summed E-state index contributed by atoms with van der Waals surface area (Å²) in [5.74, 6) is 0. The molecule has 0 spiro atoms. The fourth-order valence-corrected chi connectivity index (χ4v) is 6.77. The Morgan fingerprint density at radius 1 is 1.17 bits per heavy atom. The van der Waals surface area contributed by atoms with Gasteiger partial charge in [0.25, 0.3) is 10.0 Å². The molecule has 3 heterocycles. The summed E-state index contributed by atoms with van der Waals surface area (Å²) in [6, 6.07) is 6.59. The van der Waals surface area contributed by atoms with Crippen molar-refractivity contribution in [1.29, 1.82) is 0 Å². The third kappa shape index (κ3) is 4.33. The van der Waals surface area contributed by atoms with E-state index in [1.165, 1.54) is 6.07 Å². The molecule has 1 aromatic carbocycles. The molecular weight excluding hydrogens is 484 g/mol. The number of benzene rings is 1. The van der Waals surface area contributed by atoms with Crippen LogP contribution in [0.5, 0.6) is 0 Å². The van der Waals surface area contributed by atoms with Crippen LogP contribution in [0.1, 0.15) is 37.0 Å². The van der Waals surface area contributed by atoms with Gasteiger partial charge in [0.2, 0.25) is 0 Å². The first-order valence-electron chi connectivity index (χ1n) is 11.2. The molecule has 5 rings (SSSR count). The van der Waals surface area contributed by atoms with Gasteiger partial charge < -0.3 is 15.0 Å². The molecular formula is C25H26N4O4S2. The molecule has 0 fully saturated rings. The summed E-state index contributed by atoms with van der Waals surface area (Å²) in [7, 11) is -2.17. The molecule has 4 aromatic rings. The molecule has 0 radical (unpaired) electrons. The molecule has 3 N–H and O–H groups in total. The summed E-state index contributed by atoms with van der Waals surface area (Å²) >= 11 is 0.954. The second-order valence-electron chi connectivity index (χ2n) is 9.30. The van der Waals surface area contributed by atoms with Crippen molar-refractivity contribution in [3.8, 4) is 11.1 Å². The van der Waals surface area contributed by atoms with Gasteiger partial charge in [-0.3, -0.25) is 4.98 Å². The number of thiophene rings is 1. The van der Waals surface area contributed by atoms with Gasteiger partial charge in [0.1, 0.15) is 4.21 Å². The summed E-state index contributed by atoms with van der Waals surface area (Å²) in [5, 5.41) is 15.6. The molecule has 0 bridgehead atoms. The number of aliphatic hydroxyl groups is 1. The third-order valence-electron chi connectivity index (χ3n) is 6.40. The highest BCUT2D eigenvalue weighted by atomic mass is 32.2. The standard InChI is InChI=1S/C25H26N4O4S2/c1-25(2,31)16-11-22(34-14-16)35(32,33)28-24(30)27-23-17-6-4-5-15(17)7-8-19(23)20-12-26-13-21-18(20)9-10-29(21)3/h7-14,31H,4-6H2,1-3H3,(H2,27,28,30). The van der Waals surface area contributed by atoms with E-state index in [0.29, 0.717) is 11.3 Å². The maximum absolute atomic E-state index is 13.0. The van der Waals surface area contributed by atoms with E-state index in [4.69, 9.17) is 0 Å². The van der Waals surface area contributed by atoms with Crippen LogP contribution in [-0.2, 0) is 35.5 Å². The number of amides is 2. The van der Waals surface area contributed by atoms with Crippen LogP contribution in [0.4, 0.5) is 10.5 Å². The molecule has 3 aromatic heterocycles. The van der Waals surface area contributed by atoms with E-state index in [2.05, 4.69) is 21.1 Å². The van der Waals surface area contributed by atoms with E-state index < -0.39 is 21.7 Å². The summed E-state index contributed by atoms with van der Waals surface area (Å²) < 4.78 is 29.8. The van der Waals surface area contributed by atoms with Gasteiger partial charge in [-0.2, -0.15) is 0 Å². The maximum Gasteiger partial charge on any atom is 0.333 e. The van der Waals surface area contributed by atoms with Gasteiger partial charge in [-0.15, -0.1) is 11.3 Å². The van der Waals surface area contributed by atoms with Crippen LogP contribution in [0.15, 0.2) is 52.4 Å². The van der Waals surface area contributed by atoms with Gasteiger partial charge in [0, 0.05) is 36.0 Å². The van der Waals surface area contributed by atoms with Crippen LogP contribution in [0.25, 0.3) is 22.0 Å². The van der Waals surface area contributed by atoms with E-state index in [1.54, 1.807) is 31.6 Å². The minimum Gasteiger partial charge on any atom is -0.386 e. The van der Waals surface area contributed by atoms with Crippen LogP contribution >= 0.6 is 11.3 Å². The highest BCUT2D eigenvalue weighted by Crippen LogP contribution is 2.40. The molecule has 2 amide bonds. The van der Waals surface area contributed by atoms with Gasteiger partial charge in [-0.05, 0) is 67.3 Å². The van der Waals surface area contributed by atoms with Crippen molar-refractivity contribution in [3.63, 3.8) is 0 Å². The minimum atomic E-state index is -4.11. The Balaban J connectivity index is 1.50. The lowest BCUT2D eigenvalue weighted by Crippen LogP contribution is -2.34. The number of fused-ring (bicyclic) bond motifs is 2. The van der Waals surface area contributed by atoms with E-state index in [-0.39, 0.29) is 4.21 Å². The number of sulfonamides is 1. The normalized spacial score (nSPS) is 13.7. The average Bonchev–Trinajstić information content (AvgIpc) is 3.53. The Labute approximate surface area is 207 Å². The largest absolute Gasteiger partial charge is 0.386 e. The molecule has 35 heavy (non-hydrogen) atoms. The molecule has 0 atom stereocenters. The first-order valence-corrected chi connectivity index (χ1v) is 13.6. The highest BCUT2D eigenvalue weighted by molar-refractivity contribution is 7.92. The minimum absolute atomic E-state index is 0.0402. The van der Waals surface area contributed by atoms with E-state index >= 15 is 0 Å². The van der Waals surface area contributed by atoms with Crippen LogP contribution in [0.3, 0.4) is 0 Å². The molecule has 1 aliphatic carbocycles. The number of rotatable bonds is 5. The fraction of sp³-hybridized carbons (Fsp3) is 0.280. The van der Waals surface area contributed by atoms with Crippen LogP contribution in [-0.4, -0.2) is 29.1 Å². The van der Waals surface area contributed by atoms with Crippen molar-refractivity contribution in [3.05, 3.63) is 64.9 Å². The molecule has 1 aliphatic rings. The smallest absolute Gasteiger partial charge is 0.333 e. The first-order chi connectivity index (χ1) is 16.5. The number of carbonyl (C=O) groups excluding carboxylic acids is 1. The summed E-state index contributed by atoms with van der Waals surface area (Å²) in [4.78, 5) is 17.4. The van der Waals surface area contributed by atoms with Gasteiger partial charge in [-0.1, -0.05) is 12.1 Å². The Bertz CT molecular complexity index is 1560. The van der Waals surface area contributed by atoms with Crippen molar-refractivity contribution < 1.29 is 18.3 Å². The van der Waals surface area contributed by atoms with Gasteiger partial charge in [0.05, 0.1) is 23.0 Å². The van der Waals surface area contributed by atoms with Crippen molar-refractivity contribution in [1.82, 2.24) is 14.3 Å². The lowest BCUT2D eigenvalue weighted by atomic mass is 9.96. The van der Waals surface area contributed by atoms with E-state index in [9.17, 15) is 18.3 Å². The number of nitrogens with one attached hydrogen (secondary N) is 2. The van der Waals surface area contributed by atoms with Crippen LogP contribution in [0.2, 0.25) is 0 Å². The Morgan fingerprint density at radius 2 is 1.97 bits per heavy atom. The average molecular weight is 511 g/mol. The number of pyridine rings is 1. The zero-order valence-corrected chi connectivity index (χ0v) is 21.3. The highest BCUT2D eigenvalue weighted by Gasteiger charge is 2.26. The lowest BCUT2D eigenvalue weighted by molar-refractivity contribution is 0.0789. The number of hydrogen-bond acceptors (Lipinski definition) is 6. The summed E-state index contributed by atoms with van der Waals surface area (Å²) in [6.07, 6.45) is 8.19. The number of aryl methyl sites for hydroxylation is 2. The number of urea groups is 1. The molecule has 0 unspecified atom stereocenters. The third-order valence-corrected chi connectivity index (χ3v) is 9.17. The zero-order chi connectivity index (χ0) is 25.0. The van der Waals surface area contributed by atoms with Gasteiger partial charge in [0.15, 0.2) is 0 Å². The quantitative estimate of drug-likeness (QED) is 0.365. The van der Waals surface area contributed by atoms with Gasteiger partial charge >= 0.3 is 6.03 Å². The molecule has 182 valence electrons.